The van der Waals surface area contributed by atoms with Gasteiger partial charge in [0.25, 0.3) is 5.91 Å². The van der Waals surface area contributed by atoms with Gasteiger partial charge in [-0.3, -0.25) is 14.4 Å². The quantitative estimate of drug-likeness (QED) is 0.917. The molecule has 1 N–H and O–H groups in total. The molecule has 1 aliphatic rings. The Balaban J connectivity index is 1.75. The van der Waals surface area contributed by atoms with Gasteiger partial charge < -0.3 is 5.32 Å². The van der Waals surface area contributed by atoms with Crippen LogP contribution in [0, 0.1) is 13.8 Å². The highest BCUT2D eigenvalue weighted by Gasteiger charge is 2.34. The molecule has 0 saturated carbocycles. The number of nitrogens with one attached hydrogen (secondary N) is 1. The maximum Gasteiger partial charge on any atom is 0.250 e. The average molecular weight is 292 g/mol. The number of amides is 1. The van der Waals surface area contributed by atoms with Gasteiger partial charge in [0.15, 0.2) is 0 Å². The van der Waals surface area contributed by atoms with E-state index in [4.69, 9.17) is 0 Å². The Morgan fingerprint density at radius 2 is 2.20 bits per heavy atom. The molecule has 0 radical (unpaired) electrons. The molecule has 106 valence electrons. The molecule has 0 aromatic carbocycles. The standard InChI is InChI=1S/C12H16N6OS/c1-7-6-10(17(3)16-7)18-5-4-9(11(18)19)13-12-15-14-8(2)20-12/h6,9H,4-5H2,1-3H3,(H,13,15). The van der Waals surface area contributed by atoms with Gasteiger partial charge in [-0.25, -0.2) is 0 Å². The number of nitrogens with zero attached hydrogens (tertiary/aromatic N) is 5. The second kappa shape index (κ2) is 4.86. The smallest absolute Gasteiger partial charge is 0.250 e. The Morgan fingerprint density at radius 3 is 2.80 bits per heavy atom. The minimum atomic E-state index is -0.238. The molecule has 3 heterocycles. The Labute approximate surface area is 120 Å². The number of aryl methyl sites for hydroxylation is 3. The third kappa shape index (κ3) is 2.26. The third-order valence-corrected chi connectivity index (χ3v) is 4.05. The van der Waals surface area contributed by atoms with E-state index in [2.05, 4.69) is 20.6 Å². The summed E-state index contributed by atoms with van der Waals surface area (Å²) in [6.45, 7) is 4.50. The van der Waals surface area contributed by atoms with Crippen molar-refractivity contribution in [1.29, 1.82) is 0 Å². The van der Waals surface area contributed by atoms with Crippen molar-refractivity contribution in [2.45, 2.75) is 26.3 Å². The van der Waals surface area contributed by atoms with Crippen molar-refractivity contribution in [2.75, 3.05) is 16.8 Å². The van der Waals surface area contributed by atoms with E-state index in [-0.39, 0.29) is 11.9 Å². The molecule has 1 saturated heterocycles. The van der Waals surface area contributed by atoms with Gasteiger partial charge in [0.05, 0.1) is 5.69 Å². The van der Waals surface area contributed by atoms with Crippen LogP contribution in [0.25, 0.3) is 0 Å². The molecule has 8 heteroatoms. The van der Waals surface area contributed by atoms with Gasteiger partial charge in [-0.2, -0.15) is 5.10 Å². The Kier molecular flexibility index (Phi) is 3.17. The highest BCUT2D eigenvalue weighted by atomic mass is 32.1. The highest BCUT2D eigenvalue weighted by Crippen LogP contribution is 2.25. The van der Waals surface area contributed by atoms with Gasteiger partial charge >= 0.3 is 0 Å². The van der Waals surface area contributed by atoms with E-state index in [9.17, 15) is 4.79 Å². The lowest BCUT2D eigenvalue weighted by Crippen LogP contribution is -2.34. The van der Waals surface area contributed by atoms with Crippen LogP contribution in [0.1, 0.15) is 17.1 Å². The molecule has 0 bridgehead atoms. The van der Waals surface area contributed by atoms with Gasteiger partial charge in [0.1, 0.15) is 16.9 Å². The zero-order valence-electron chi connectivity index (χ0n) is 11.6. The summed E-state index contributed by atoms with van der Waals surface area (Å²) in [5.41, 5.74) is 0.909. The minimum absolute atomic E-state index is 0.0563. The summed E-state index contributed by atoms with van der Waals surface area (Å²) in [6, 6.07) is 1.69. The van der Waals surface area contributed by atoms with E-state index < -0.39 is 0 Å². The van der Waals surface area contributed by atoms with Crippen LogP contribution in [0.2, 0.25) is 0 Å². The Hall–Kier alpha value is -1.96. The summed E-state index contributed by atoms with van der Waals surface area (Å²) in [6.07, 6.45) is 0.752. The summed E-state index contributed by atoms with van der Waals surface area (Å²) < 4.78 is 1.74. The van der Waals surface area contributed by atoms with Crippen LogP contribution >= 0.6 is 11.3 Å². The number of hydrogen-bond acceptors (Lipinski definition) is 6. The Morgan fingerprint density at radius 1 is 1.40 bits per heavy atom. The van der Waals surface area contributed by atoms with E-state index in [0.29, 0.717) is 11.7 Å². The van der Waals surface area contributed by atoms with Gasteiger partial charge in [-0.15, -0.1) is 10.2 Å². The van der Waals surface area contributed by atoms with Crippen LogP contribution < -0.4 is 10.2 Å². The molecule has 7 nitrogen and oxygen atoms in total. The minimum Gasteiger partial charge on any atom is -0.348 e. The van der Waals surface area contributed by atoms with Gasteiger partial charge in [-0.1, -0.05) is 11.3 Å². The predicted octanol–water partition coefficient (Wildman–Crippen LogP) is 1.11. The second-order valence-electron chi connectivity index (χ2n) is 4.87. The van der Waals surface area contributed by atoms with Crippen molar-refractivity contribution in [1.82, 2.24) is 20.0 Å². The van der Waals surface area contributed by atoms with Crippen molar-refractivity contribution in [2.24, 2.45) is 7.05 Å². The fraction of sp³-hybridized carbons (Fsp3) is 0.500. The predicted molar refractivity (Wildman–Crippen MR) is 77.0 cm³/mol. The second-order valence-corrected chi connectivity index (χ2v) is 6.05. The number of hydrogen-bond donors (Lipinski definition) is 1. The Bertz CT molecular complexity index is 648. The first-order valence-corrected chi connectivity index (χ1v) is 7.25. The molecule has 20 heavy (non-hydrogen) atoms. The van der Waals surface area contributed by atoms with Gasteiger partial charge in [-0.05, 0) is 20.3 Å². The summed E-state index contributed by atoms with van der Waals surface area (Å²) >= 11 is 1.46. The molecular weight excluding hydrogens is 276 g/mol. The maximum atomic E-state index is 12.5. The number of carbonyl (C=O) groups is 1. The van der Waals surface area contributed by atoms with Crippen molar-refractivity contribution >= 4 is 28.2 Å². The van der Waals surface area contributed by atoms with Crippen molar-refractivity contribution in [3.63, 3.8) is 0 Å². The molecule has 1 atom stereocenters. The first-order chi connectivity index (χ1) is 9.54. The molecule has 1 fully saturated rings. The lowest BCUT2D eigenvalue weighted by molar-refractivity contribution is -0.117. The van der Waals surface area contributed by atoms with Crippen LogP contribution in [-0.2, 0) is 11.8 Å². The molecule has 3 rings (SSSR count). The third-order valence-electron chi connectivity index (χ3n) is 3.28. The fourth-order valence-corrected chi connectivity index (χ4v) is 3.04. The van der Waals surface area contributed by atoms with Gasteiger partial charge in [0.2, 0.25) is 5.13 Å². The van der Waals surface area contributed by atoms with Crippen molar-refractivity contribution in [3.8, 4) is 0 Å². The highest BCUT2D eigenvalue weighted by molar-refractivity contribution is 7.15. The monoisotopic (exact) mass is 292 g/mol. The zero-order valence-corrected chi connectivity index (χ0v) is 12.4. The van der Waals surface area contributed by atoms with Crippen molar-refractivity contribution in [3.05, 3.63) is 16.8 Å². The normalized spacial score (nSPS) is 18.9. The van der Waals surface area contributed by atoms with E-state index in [0.717, 1.165) is 22.9 Å². The SMILES string of the molecule is Cc1cc(N2CCC(Nc3nnc(C)s3)C2=O)n(C)n1. The van der Waals surface area contributed by atoms with Crippen molar-refractivity contribution < 1.29 is 4.79 Å². The van der Waals surface area contributed by atoms with E-state index in [1.165, 1.54) is 11.3 Å². The number of aromatic nitrogens is 4. The average Bonchev–Trinajstić information content (AvgIpc) is 3.03. The number of rotatable bonds is 3. The first-order valence-electron chi connectivity index (χ1n) is 6.43. The van der Waals surface area contributed by atoms with Crippen LogP contribution in [0.3, 0.4) is 0 Å². The van der Waals surface area contributed by atoms with Gasteiger partial charge in [0, 0.05) is 19.7 Å². The lowest BCUT2D eigenvalue weighted by atomic mass is 10.2. The molecule has 0 spiro atoms. The molecule has 1 amide bonds. The van der Waals surface area contributed by atoms with Crippen LogP contribution in [-0.4, -0.2) is 38.5 Å². The number of anilines is 2. The van der Waals surface area contributed by atoms with E-state index >= 15 is 0 Å². The van der Waals surface area contributed by atoms with E-state index in [1.54, 1.807) is 9.58 Å². The number of carbonyl (C=O) groups excluding carboxylic acids is 1. The molecule has 2 aromatic heterocycles. The summed E-state index contributed by atoms with van der Waals surface area (Å²) in [7, 11) is 1.85. The summed E-state index contributed by atoms with van der Waals surface area (Å²) in [5, 5.41) is 17.0. The van der Waals surface area contributed by atoms with Crippen LogP contribution in [0.4, 0.5) is 10.9 Å². The van der Waals surface area contributed by atoms with Crippen LogP contribution in [0.15, 0.2) is 6.07 Å². The fourth-order valence-electron chi connectivity index (χ4n) is 2.39. The molecule has 0 aliphatic carbocycles. The molecular formula is C12H16N6OS. The summed E-state index contributed by atoms with van der Waals surface area (Å²) in [4.78, 5) is 14.2. The molecule has 1 unspecified atom stereocenters. The largest absolute Gasteiger partial charge is 0.348 e. The summed E-state index contributed by atoms with van der Waals surface area (Å²) in [5.74, 6) is 0.895. The van der Waals surface area contributed by atoms with Crippen LogP contribution in [0.5, 0.6) is 0 Å². The van der Waals surface area contributed by atoms with E-state index in [1.807, 2.05) is 27.0 Å². The lowest BCUT2D eigenvalue weighted by Gasteiger charge is -2.16. The topological polar surface area (TPSA) is 75.9 Å². The first kappa shape index (κ1) is 13.0. The zero-order chi connectivity index (χ0) is 14.3. The molecule has 1 aliphatic heterocycles. The molecule has 2 aromatic rings. The maximum absolute atomic E-state index is 12.5.